The molecule has 1 saturated carbocycles. The van der Waals surface area contributed by atoms with E-state index in [0.717, 1.165) is 37.7 Å². The Hall–Kier alpha value is -3.71. The molecule has 3 aromatic carbocycles. The van der Waals surface area contributed by atoms with E-state index in [2.05, 4.69) is 61.8 Å². The largest absolute Gasteiger partial charge is 0.497 e. The van der Waals surface area contributed by atoms with Gasteiger partial charge in [-0.2, -0.15) is 0 Å². The van der Waals surface area contributed by atoms with Gasteiger partial charge in [-0.15, -0.1) is 0 Å². The van der Waals surface area contributed by atoms with Crippen LogP contribution in [0.25, 0.3) is 0 Å². The Kier molecular flexibility index (Phi) is 9.45. The fraction of sp³-hybridized carbons (Fsp3) is 0.432. The van der Waals surface area contributed by atoms with Gasteiger partial charge in [-0.05, 0) is 102 Å². The van der Waals surface area contributed by atoms with E-state index < -0.39 is 11.5 Å². The molecule has 2 aliphatic carbocycles. The van der Waals surface area contributed by atoms with Crippen molar-refractivity contribution in [3.63, 3.8) is 0 Å². The van der Waals surface area contributed by atoms with Crippen LogP contribution in [0, 0.1) is 11.3 Å². The number of rotatable bonds is 8. The molecule has 0 spiro atoms. The Bertz CT molecular complexity index is 1510. The summed E-state index contributed by atoms with van der Waals surface area (Å²) in [5, 5.41) is 9.34. The molecule has 232 valence electrons. The Labute approximate surface area is 267 Å². The number of benzene rings is 3. The van der Waals surface area contributed by atoms with Crippen molar-refractivity contribution >= 4 is 34.8 Å². The molecule has 0 aliphatic heterocycles. The Balaban J connectivity index is 1.31. The molecule has 3 N–H and O–H groups in total. The van der Waals surface area contributed by atoms with E-state index in [1.807, 2.05) is 30.3 Å². The molecule has 1 fully saturated rings. The quantitative estimate of drug-likeness (QED) is 0.238. The van der Waals surface area contributed by atoms with Crippen LogP contribution >= 0.6 is 12.2 Å². The zero-order valence-electron chi connectivity index (χ0n) is 26.5. The molecular formula is C37H45N3O3S. The standard InChI is InChI=1S/C37H45N3O3S/c1-24(2)26-12-18-30-27(23-26)13-19-32-36(30,3)20-9-21-37(32,4)34(42)40-35(44)39-31(22-25-10-7-6-8-11-25)33(41)38-28-14-16-29(43-5)17-15-28/h6-8,10-12,14-18,23-24,31-32H,9,13,19-22H2,1-5H3,(H,38,41)(H2,39,40,42,44)/t31-,32+,36+,37+/m0/s1. The topological polar surface area (TPSA) is 79.5 Å². The number of ether oxygens (including phenoxy) is 1. The minimum absolute atomic E-state index is 0.0674. The van der Waals surface area contributed by atoms with Crippen molar-refractivity contribution in [2.24, 2.45) is 11.3 Å². The highest BCUT2D eigenvalue weighted by atomic mass is 32.1. The van der Waals surface area contributed by atoms with Gasteiger partial charge in [-0.1, -0.05) is 82.6 Å². The average Bonchev–Trinajstić information content (AvgIpc) is 3.01. The van der Waals surface area contributed by atoms with Gasteiger partial charge in [0.25, 0.3) is 0 Å². The van der Waals surface area contributed by atoms with Crippen LogP contribution in [0.15, 0.2) is 72.8 Å². The van der Waals surface area contributed by atoms with Gasteiger partial charge in [-0.25, -0.2) is 0 Å². The first-order valence-electron chi connectivity index (χ1n) is 15.8. The van der Waals surface area contributed by atoms with E-state index in [0.29, 0.717) is 23.8 Å². The zero-order valence-corrected chi connectivity index (χ0v) is 27.4. The molecule has 4 atom stereocenters. The number of anilines is 1. The van der Waals surface area contributed by atoms with Crippen LogP contribution in [-0.2, 0) is 27.8 Å². The molecule has 0 radical (unpaired) electrons. The lowest BCUT2D eigenvalue weighted by molar-refractivity contribution is -0.137. The van der Waals surface area contributed by atoms with Gasteiger partial charge in [-0.3, -0.25) is 9.59 Å². The number of aryl methyl sites for hydroxylation is 1. The van der Waals surface area contributed by atoms with E-state index in [-0.39, 0.29) is 28.3 Å². The second kappa shape index (κ2) is 13.1. The summed E-state index contributed by atoms with van der Waals surface area (Å²) in [5.41, 5.74) is 5.20. The second-order valence-corrected chi connectivity index (χ2v) is 13.6. The summed E-state index contributed by atoms with van der Waals surface area (Å²) < 4.78 is 5.24. The first kappa shape index (κ1) is 31.7. The number of amides is 2. The maximum absolute atomic E-state index is 14.1. The summed E-state index contributed by atoms with van der Waals surface area (Å²) in [7, 11) is 1.60. The van der Waals surface area contributed by atoms with Crippen molar-refractivity contribution in [3.05, 3.63) is 95.1 Å². The molecular weight excluding hydrogens is 566 g/mol. The molecule has 0 saturated heterocycles. The number of methoxy groups -OCH3 is 1. The third-order valence-corrected chi connectivity index (χ3v) is 10.3. The fourth-order valence-corrected chi connectivity index (χ4v) is 7.78. The smallest absolute Gasteiger partial charge is 0.247 e. The number of nitrogens with one attached hydrogen (secondary N) is 3. The zero-order chi connectivity index (χ0) is 31.5. The average molecular weight is 612 g/mol. The first-order valence-corrected chi connectivity index (χ1v) is 16.2. The lowest BCUT2D eigenvalue weighted by Gasteiger charge is -2.54. The van der Waals surface area contributed by atoms with E-state index in [9.17, 15) is 9.59 Å². The van der Waals surface area contributed by atoms with Crippen LogP contribution in [0.1, 0.15) is 81.5 Å². The molecule has 2 aliphatic rings. The van der Waals surface area contributed by atoms with Gasteiger partial charge >= 0.3 is 0 Å². The normalized spacial score (nSPS) is 23.1. The van der Waals surface area contributed by atoms with Crippen LogP contribution in [0.3, 0.4) is 0 Å². The van der Waals surface area contributed by atoms with Crippen LogP contribution in [0.5, 0.6) is 5.75 Å². The number of thiocarbonyl (C=S) groups is 1. The summed E-state index contributed by atoms with van der Waals surface area (Å²) in [4.78, 5) is 27.6. The van der Waals surface area contributed by atoms with Crippen molar-refractivity contribution in [2.45, 2.75) is 83.6 Å². The molecule has 0 heterocycles. The van der Waals surface area contributed by atoms with E-state index in [1.54, 1.807) is 31.4 Å². The fourth-order valence-electron chi connectivity index (χ4n) is 7.55. The Morgan fingerprint density at radius 2 is 1.73 bits per heavy atom. The number of carbonyl (C=O) groups is 2. The van der Waals surface area contributed by atoms with Gasteiger partial charge in [0.15, 0.2) is 5.11 Å². The molecule has 5 rings (SSSR count). The number of hydrogen-bond acceptors (Lipinski definition) is 4. The predicted octanol–water partition coefficient (Wildman–Crippen LogP) is 7.07. The SMILES string of the molecule is COc1ccc(NC(=O)[C@H](Cc2ccccc2)NC(=S)NC(=O)[C@]2(C)CCC[C@]3(C)c4ccc(C(C)C)cc4CC[C@@H]23)cc1. The maximum Gasteiger partial charge on any atom is 0.247 e. The summed E-state index contributed by atoms with van der Waals surface area (Å²) in [6.45, 7) is 8.94. The predicted molar refractivity (Wildman–Crippen MR) is 181 cm³/mol. The third kappa shape index (κ3) is 6.53. The van der Waals surface area contributed by atoms with Crippen molar-refractivity contribution in [1.82, 2.24) is 10.6 Å². The molecule has 7 heteroatoms. The molecule has 2 amide bonds. The van der Waals surface area contributed by atoms with Gasteiger partial charge in [0.05, 0.1) is 12.5 Å². The Morgan fingerprint density at radius 1 is 1.00 bits per heavy atom. The highest BCUT2D eigenvalue weighted by Crippen LogP contribution is 2.57. The summed E-state index contributed by atoms with van der Waals surface area (Å²) in [6, 6.07) is 23.3. The van der Waals surface area contributed by atoms with Crippen molar-refractivity contribution < 1.29 is 14.3 Å². The lowest BCUT2D eigenvalue weighted by Crippen LogP contribution is -2.58. The van der Waals surface area contributed by atoms with Crippen LogP contribution in [0.4, 0.5) is 5.69 Å². The van der Waals surface area contributed by atoms with E-state index in [4.69, 9.17) is 17.0 Å². The van der Waals surface area contributed by atoms with Gasteiger partial charge in [0.2, 0.25) is 11.8 Å². The molecule has 0 unspecified atom stereocenters. The molecule has 0 aromatic heterocycles. The maximum atomic E-state index is 14.1. The van der Waals surface area contributed by atoms with Gasteiger partial charge in [0.1, 0.15) is 11.8 Å². The summed E-state index contributed by atoms with van der Waals surface area (Å²) >= 11 is 5.69. The minimum atomic E-state index is -0.687. The molecule has 6 nitrogen and oxygen atoms in total. The van der Waals surface area contributed by atoms with Gasteiger partial charge < -0.3 is 20.7 Å². The summed E-state index contributed by atoms with van der Waals surface area (Å²) in [5.74, 6) is 1.09. The van der Waals surface area contributed by atoms with Crippen molar-refractivity contribution in [1.29, 1.82) is 0 Å². The third-order valence-electron chi connectivity index (χ3n) is 10.1. The van der Waals surface area contributed by atoms with E-state index in [1.165, 1.54) is 16.7 Å². The molecule has 3 aromatic rings. The monoisotopic (exact) mass is 611 g/mol. The highest BCUT2D eigenvalue weighted by molar-refractivity contribution is 7.80. The minimum Gasteiger partial charge on any atom is -0.497 e. The number of fused-ring (bicyclic) bond motifs is 3. The molecule has 44 heavy (non-hydrogen) atoms. The number of carbonyl (C=O) groups excluding carboxylic acids is 2. The lowest BCUT2D eigenvalue weighted by atomic mass is 9.49. The highest BCUT2D eigenvalue weighted by Gasteiger charge is 2.55. The van der Waals surface area contributed by atoms with Gasteiger partial charge in [0, 0.05) is 12.1 Å². The number of hydrogen-bond donors (Lipinski definition) is 3. The van der Waals surface area contributed by atoms with E-state index >= 15 is 0 Å². The first-order chi connectivity index (χ1) is 21.0. The van der Waals surface area contributed by atoms with Crippen molar-refractivity contribution in [3.8, 4) is 5.75 Å². The second-order valence-electron chi connectivity index (χ2n) is 13.2. The summed E-state index contributed by atoms with van der Waals surface area (Å²) in [6.07, 6.45) is 5.21. The van der Waals surface area contributed by atoms with Crippen LogP contribution in [0.2, 0.25) is 0 Å². The molecule has 0 bridgehead atoms. The van der Waals surface area contributed by atoms with Crippen molar-refractivity contribution in [2.75, 3.05) is 12.4 Å². The van der Waals surface area contributed by atoms with Crippen LogP contribution in [-0.4, -0.2) is 30.1 Å². The van der Waals surface area contributed by atoms with Crippen LogP contribution < -0.4 is 20.7 Å². The Morgan fingerprint density at radius 3 is 2.41 bits per heavy atom.